The van der Waals surface area contributed by atoms with Gasteiger partial charge in [-0.3, -0.25) is 14.4 Å². The van der Waals surface area contributed by atoms with Crippen molar-refractivity contribution in [1.82, 2.24) is 4.90 Å². The third-order valence-electron chi connectivity index (χ3n) is 4.51. The Balaban J connectivity index is 1.90. The van der Waals surface area contributed by atoms with Crippen molar-refractivity contribution in [3.05, 3.63) is 23.8 Å². The lowest BCUT2D eigenvalue weighted by Crippen LogP contribution is -2.37. The van der Waals surface area contributed by atoms with Gasteiger partial charge in [0.15, 0.2) is 11.9 Å². The van der Waals surface area contributed by atoms with Gasteiger partial charge in [-0.25, -0.2) is 0 Å². The zero-order valence-corrected chi connectivity index (χ0v) is 13.5. The molecule has 140 valence electrons. The van der Waals surface area contributed by atoms with Crippen LogP contribution >= 0.6 is 0 Å². The number of nitrogens with one attached hydrogen (secondary N) is 1. The molecule has 1 aromatic rings. The van der Waals surface area contributed by atoms with E-state index in [4.69, 9.17) is 9.84 Å². The van der Waals surface area contributed by atoms with Crippen LogP contribution in [0, 0.1) is 11.8 Å². The molecule has 2 aliphatic rings. The number of carbonyl (C=O) groups excluding carboxylic acids is 2. The van der Waals surface area contributed by atoms with Crippen molar-refractivity contribution >= 4 is 23.5 Å². The van der Waals surface area contributed by atoms with Crippen LogP contribution in [0.1, 0.15) is 17.3 Å². The van der Waals surface area contributed by atoms with Crippen LogP contribution in [0.25, 0.3) is 0 Å². The molecule has 26 heavy (non-hydrogen) atoms. The Morgan fingerprint density at radius 3 is 2.58 bits per heavy atom. The van der Waals surface area contributed by atoms with Crippen LogP contribution in [0.4, 0.5) is 18.9 Å². The first-order valence-corrected chi connectivity index (χ1v) is 7.79. The molecule has 2 aliphatic heterocycles. The van der Waals surface area contributed by atoms with Gasteiger partial charge < -0.3 is 20.1 Å². The number of rotatable bonds is 2. The molecular weight excluding hydrogens is 357 g/mol. The van der Waals surface area contributed by atoms with Gasteiger partial charge in [0.05, 0.1) is 23.1 Å². The topological polar surface area (TPSA) is 95.9 Å². The molecule has 0 saturated carbocycles. The lowest BCUT2D eigenvalue weighted by atomic mass is 9.96. The van der Waals surface area contributed by atoms with Gasteiger partial charge in [0, 0.05) is 13.1 Å². The summed E-state index contributed by atoms with van der Waals surface area (Å²) in [5.41, 5.74) is 0.210. The number of carbonyl (C=O) groups is 3. The van der Waals surface area contributed by atoms with E-state index in [1.807, 2.05) is 0 Å². The van der Waals surface area contributed by atoms with Gasteiger partial charge in [-0.2, -0.15) is 13.2 Å². The highest BCUT2D eigenvalue weighted by molar-refractivity contribution is 6.04. The summed E-state index contributed by atoms with van der Waals surface area (Å²) < 4.78 is 44.7. The normalized spacial score (nSPS) is 25.3. The van der Waals surface area contributed by atoms with Crippen molar-refractivity contribution in [2.75, 3.05) is 18.4 Å². The molecule has 2 heterocycles. The zero-order valence-electron chi connectivity index (χ0n) is 13.5. The molecular formula is C16H15F3N2O5. The Bertz CT molecular complexity index is 780. The van der Waals surface area contributed by atoms with E-state index in [0.717, 1.165) is 4.90 Å². The molecule has 1 aromatic carbocycles. The third-order valence-corrected chi connectivity index (χ3v) is 4.51. The number of carboxylic acid groups (broad SMARTS) is 1. The Hall–Kier alpha value is -2.78. The molecule has 0 aliphatic carbocycles. The zero-order chi connectivity index (χ0) is 19.2. The fourth-order valence-corrected chi connectivity index (χ4v) is 3.12. The maximum atomic E-state index is 13.1. The summed E-state index contributed by atoms with van der Waals surface area (Å²) in [7, 11) is 0. The lowest BCUT2D eigenvalue weighted by Gasteiger charge is -2.26. The molecule has 0 radical (unpaired) electrons. The van der Waals surface area contributed by atoms with E-state index in [1.165, 1.54) is 25.1 Å². The number of alkyl halides is 3. The number of hydrogen-bond acceptors (Lipinski definition) is 4. The standard InChI is InChI=1S/C16H15F3N2O5/c1-7-13(22)20-11-4-2-3-8(12(11)26-7)14(23)21-5-9(15(24)25)10(6-21)16(17,18)19/h2-4,7,9-10H,5-6H2,1H3,(H,20,22)(H,24,25)/t7?,9-,10-/m1/s1. The monoisotopic (exact) mass is 372 g/mol. The predicted molar refractivity (Wildman–Crippen MR) is 81.7 cm³/mol. The Kier molecular flexibility index (Phi) is 4.29. The number of aliphatic carboxylic acids is 1. The van der Waals surface area contributed by atoms with Crippen molar-refractivity contribution in [2.45, 2.75) is 19.2 Å². The number of nitrogens with zero attached hydrogens (tertiary/aromatic N) is 1. The molecule has 7 nitrogen and oxygen atoms in total. The molecule has 0 spiro atoms. The minimum Gasteiger partial charge on any atom is -0.481 e. The fraction of sp³-hybridized carbons (Fsp3) is 0.438. The summed E-state index contributed by atoms with van der Waals surface area (Å²) in [6, 6.07) is 4.32. The van der Waals surface area contributed by atoms with Gasteiger partial charge in [-0.1, -0.05) is 6.07 Å². The summed E-state index contributed by atoms with van der Waals surface area (Å²) in [6.45, 7) is 0.171. The van der Waals surface area contributed by atoms with Crippen LogP contribution < -0.4 is 10.1 Å². The number of carboxylic acids is 1. The van der Waals surface area contributed by atoms with Crippen LogP contribution in [-0.4, -0.2) is 53.2 Å². The van der Waals surface area contributed by atoms with Crippen LogP contribution in [0.3, 0.4) is 0 Å². The van der Waals surface area contributed by atoms with Crippen molar-refractivity contribution < 1.29 is 37.4 Å². The number of likely N-dealkylation sites (tertiary alicyclic amines) is 1. The highest BCUT2D eigenvalue weighted by atomic mass is 19.4. The molecule has 2 N–H and O–H groups in total. The second-order valence-electron chi connectivity index (χ2n) is 6.23. The van der Waals surface area contributed by atoms with Crippen molar-refractivity contribution in [3.63, 3.8) is 0 Å². The number of halogens is 3. The van der Waals surface area contributed by atoms with Crippen molar-refractivity contribution in [3.8, 4) is 5.75 Å². The first kappa shape index (κ1) is 18.0. The Labute approximate surface area is 145 Å². The maximum Gasteiger partial charge on any atom is 0.394 e. The summed E-state index contributed by atoms with van der Waals surface area (Å²) >= 11 is 0. The highest BCUT2D eigenvalue weighted by Crippen LogP contribution is 2.40. The largest absolute Gasteiger partial charge is 0.481 e. The van der Waals surface area contributed by atoms with Gasteiger partial charge in [0.25, 0.3) is 11.8 Å². The molecule has 2 amide bonds. The molecule has 0 bridgehead atoms. The number of benzene rings is 1. The quantitative estimate of drug-likeness (QED) is 0.825. The van der Waals surface area contributed by atoms with Crippen molar-refractivity contribution in [1.29, 1.82) is 0 Å². The number of hydrogen-bond donors (Lipinski definition) is 2. The summed E-state index contributed by atoms with van der Waals surface area (Å²) in [4.78, 5) is 36.4. The number of amides is 2. The van der Waals surface area contributed by atoms with E-state index >= 15 is 0 Å². The second kappa shape index (κ2) is 6.19. The van der Waals surface area contributed by atoms with Crippen molar-refractivity contribution in [2.24, 2.45) is 11.8 Å². The number of ether oxygens (including phenoxy) is 1. The average molecular weight is 372 g/mol. The predicted octanol–water partition coefficient (Wildman–Crippen LogP) is 1.74. The molecule has 0 aromatic heterocycles. The highest BCUT2D eigenvalue weighted by Gasteiger charge is 2.53. The second-order valence-corrected chi connectivity index (χ2v) is 6.23. The lowest BCUT2D eigenvalue weighted by molar-refractivity contribution is -0.187. The van der Waals surface area contributed by atoms with Gasteiger partial charge in [-0.15, -0.1) is 0 Å². The first-order valence-electron chi connectivity index (χ1n) is 7.79. The maximum absolute atomic E-state index is 13.1. The Morgan fingerprint density at radius 2 is 2.00 bits per heavy atom. The van der Waals surface area contributed by atoms with E-state index in [2.05, 4.69) is 5.32 Å². The minimum absolute atomic E-state index is 0.0266. The van der Waals surface area contributed by atoms with E-state index in [0.29, 0.717) is 0 Å². The summed E-state index contributed by atoms with van der Waals surface area (Å²) in [5.74, 6) is -6.59. The molecule has 1 fully saturated rings. The van der Waals surface area contributed by atoms with Gasteiger partial charge >= 0.3 is 12.1 Å². The molecule has 1 saturated heterocycles. The molecule has 10 heteroatoms. The number of anilines is 1. The smallest absolute Gasteiger partial charge is 0.394 e. The average Bonchev–Trinajstić information content (AvgIpc) is 3.01. The molecule has 1 unspecified atom stereocenters. The SMILES string of the molecule is CC1Oc2c(cccc2C(=O)N2C[C@@H](C(F)(F)F)[C@H](C(=O)O)C2)NC1=O. The Morgan fingerprint density at radius 1 is 1.31 bits per heavy atom. The van der Waals surface area contributed by atoms with Gasteiger partial charge in [0.2, 0.25) is 0 Å². The summed E-state index contributed by atoms with van der Waals surface area (Å²) in [6.07, 6.45) is -5.60. The van der Waals surface area contributed by atoms with E-state index in [9.17, 15) is 27.6 Å². The van der Waals surface area contributed by atoms with Gasteiger partial charge in [0.1, 0.15) is 0 Å². The molecule has 3 atom stereocenters. The van der Waals surface area contributed by atoms with E-state index in [1.54, 1.807) is 0 Å². The minimum atomic E-state index is -4.73. The summed E-state index contributed by atoms with van der Waals surface area (Å²) in [5, 5.41) is 11.6. The third kappa shape index (κ3) is 3.06. The van der Waals surface area contributed by atoms with E-state index < -0.39 is 55.0 Å². The van der Waals surface area contributed by atoms with Crippen LogP contribution in [0.2, 0.25) is 0 Å². The fourth-order valence-electron chi connectivity index (χ4n) is 3.12. The first-order chi connectivity index (χ1) is 12.1. The number of para-hydroxylation sites is 1. The molecule has 3 rings (SSSR count). The van der Waals surface area contributed by atoms with E-state index in [-0.39, 0.29) is 17.0 Å². The van der Waals surface area contributed by atoms with Crippen LogP contribution in [0.5, 0.6) is 5.75 Å². The van der Waals surface area contributed by atoms with Crippen LogP contribution in [0.15, 0.2) is 18.2 Å². The van der Waals surface area contributed by atoms with Gasteiger partial charge in [-0.05, 0) is 19.1 Å². The van der Waals surface area contributed by atoms with Crippen LogP contribution in [-0.2, 0) is 9.59 Å². The number of fused-ring (bicyclic) bond motifs is 1.